The highest BCUT2D eigenvalue weighted by Gasteiger charge is 2.16. The number of carbonyl (C=O) groups excluding carboxylic acids is 1. The lowest BCUT2D eigenvalue weighted by Gasteiger charge is -2.06. The van der Waals surface area contributed by atoms with Crippen LogP contribution in [0.1, 0.15) is 27.4 Å². The number of imidazole rings is 1. The summed E-state index contributed by atoms with van der Waals surface area (Å²) < 4.78 is 6.91. The van der Waals surface area contributed by atoms with Crippen LogP contribution in [-0.2, 0) is 0 Å². The van der Waals surface area contributed by atoms with E-state index in [0.29, 0.717) is 23.1 Å². The molecule has 0 saturated carbocycles. The molecule has 8 heteroatoms. The first-order chi connectivity index (χ1) is 13.5. The minimum absolute atomic E-state index is 0.275. The maximum absolute atomic E-state index is 12.6. The van der Waals surface area contributed by atoms with E-state index in [1.807, 2.05) is 38.1 Å². The molecule has 0 aliphatic heterocycles. The van der Waals surface area contributed by atoms with Crippen LogP contribution in [0.15, 0.2) is 53.6 Å². The van der Waals surface area contributed by atoms with Crippen LogP contribution in [0.3, 0.4) is 0 Å². The third-order valence-corrected chi connectivity index (χ3v) is 4.08. The van der Waals surface area contributed by atoms with E-state index in [2.05, 4.69) is 25.4 Å². The van der Waals surface area contributed by atoms with Gasteiger partial charge >= 0.3 is 0 Å². The number of hydrogen-bond donors (Lipinski definition) is 1. The number of pyridine rings is 1. The summed E-state index contributed by atoms with van der Waals surface area (Å²) in [6.07, 6.45) is 4.80. The van der Waals surface area contributed by atoms with Crippen molar-refractivity contribution in [2.75, 3.05) is 5.32 Å². The predicted octanol–water partition coefficient (Wildman–Crippen LogP) is 3.49. The molecule has 0 atom stereocenters. The lowest BCUT2D eigenvalue weighted by atomic mass is 10.1. The Morgan fingerprint density at radius 1 is 1.11 bits per heavy atom. The van der Waals surface area contributed by atoms with Gasteiger partial charge in [-0.1, -0.05) is 11.2 Å². The number of aromatic nitrogens is 5. The van der Waals surface area contributed by atoms with Crippen LogP contribution in [0.25, 0.3) is 17.3 Å². The number of benzene rings is 1. The molecule has 0 saturated heterocycles. The second-order valence-electron chi connectivity index (χ2n) is 6.52. The molecule has 0 spiro atoms. The largest absolute Gasteiger partial charge is 0.334 e. The maximum Gasteiger partial charge on any atom is 0.275 e. The van der Waals surface area contributed by atoms with Crippen molar-refractivity contribution in [3.05, 3.63) is 71.7 Å². The van der Waals surface area contributed by atoms with Crippen molar-refractivity contribution in [3.8, 4) is 17.3 Å². The lowest BCUT2D eigenvalue weighted by Crippen LogP contribution is -2.12. The van der Waals surface area contributed by atoms with Crippen LogP contribution >= 0.6 is 0 Å². The van der Waals surface area contributed by atoms with E-state index in [1.54, 1.807) is 30.0 Å². The Balaban J connectivity index is 1.62. The van der Waals surface area contributed by atoms with Gasteiger partial charge in [0.15, 0.2) is 11.6 Å². The number of nitrogens with one attached hydrogen (secondary N) is 1. The fourth-order valence-corrected chi connectivity index (χ4v) is 2.97. The zero-order valence-electron chi connectivity index (χ0n) is 15.7. The van der Waals surface area contributed by atoms with E-state index in [1.165, 1.54) is 6.33 Å². The predicted molar refractivity (Wildman–Crippen MR) is 103 cm³/mol. The highest BCUT2D eigenvalue weighted by atomic mass is 16.5. The van der Waals surface area contributed by atoms with Gasteiger partial charge in [0.1, 0.15) is 12.0 Å². The molecule has 1 aromatic carbocycles. The van der Waals surface area contributed by atoms with Gasteiger partial charge in [0.25, 0.3) is 11.8 Å². The van der Waals surface area contributed by atoms with E-state index in [0.717, 1.165) is 16.8 Å². The van der Waals surface area contributed by atoms with Crippen molar-refractivity contribution in [2.24, 2.45) is 0 Å². The Morgan fingerprint density at radius 2 is 1.89 bits per heavy atom. The van der Waals surface area contributed by atoms with Crippen LogP contribution in [0, 0.1) is 20.8 Å². The fraction of sp³-hybridized carbons (Fsp3) is 0.150. The van der Waals surface area contributed by atoms with Crippen molar-refractivity contribution in [1.29, 1.82) is 0 Å². The van der Waals surface area contributed by atoms with Crippen LogP contribution < -0.4 is 5.32 Å². The minimum atomic E-state index is -0.296. The molecular formula is C20H18N6O2. The molecule has 1 N–H and O–H groups in total. The van der Waals surface area contributed by atoms with Gasteiger partial charge < -0.3 is 9.84 Å². The first-order valence-electron chi connectivity index (χ1n) is 8.69. The van der Waals surface area contributed by atoms with Crippen molar-refractivity contribution < 1.29 is 9.32 Å². The molecule has 140 valence electrons. The molecule has 0 fully saturated rings. The number of carbonyl (C=O) groups is 1. The van der Waals surface area contributed by atoms with Gasteiger partial charge in [0, 0.05) is 18.1 Å². The van der Waals surface area contributed by atoms with Gasteiger partial charge in [-0.25, -0.2) is 9.97 Å². The minimum Gasteiger partial charge on any atom is -0.334 e. The van der Waals surface area contributed by atoms with Gasteiger partial charge in [-0.15, -0.1) is 0 Å². The van der Waals surface area contributed by atoms with E-state index < -0.39 is 0 Å². The molecular weight excluding hydrogens is 356 g/mol. The Kier molecular flexibility index (Phi) is 4.44. The van der Waals surface area contributed by atoms with Gasteiger partial charge in [0.2, 0.25) is 0 Å². The van der Waals surface area contributed by atoms with Crippen LogP contribution in [0.4, 0.5) is 5.69 Å². The molecule has 0 unspecified atom stereocenters. The Morgan fingerprint density at radius 3 is 2.61 bits per heavy atom. The van der Waals surface area contributed by atoms with Crippen molar-refractivity contribution in [3.63, 3.8) is 0 Å². The smallest absolute Gasteiger partial charge is 0.275 e. The zero-order chi connectivity index (χ0) is 19.7. The monoisotopic (exact) mass is 374 g/mol. The third kappa shape index (κ3) is 3.52. The molecule has 0 aliphatic carbocycles. The number of hydrogen-bond acceptors (Lipinski definition) is 6. The van der Waals surface area contributed by atoms with Crippen LogP contribution in [0.5, 0.6) is 0 Å². The number of nitrogens with zero attached hydrogens (tertiary/aromatic N) is 5. The second-order valence-corrected chi connectivity index (χ2v) is 6.52. The summed E-state index contributed by atoms with van der Waals surface area (Å²) in [5.41, 5.74) is 3.82. The molecule has 28 heavy (non-hydrogen) atoms. The average molecular weight is 374 g/mol. The number of anilines is 1. The van der Waals surface area contributed by atoms with Crippen molar-refractivity contribution in [2.45, 2.75) is 20.8 Å². The SMILES string of the molecule is Cc1cc(C)cc(NC(=O)c2cn(-c3ncccc3-c3nc(C)no3)cn2)c1. The van der Waals surface area contributed by atoms with E-state index in [9.17, 15) is 4.79 Å². The highest BCUT2D eigenvalue weighted by molar-refractivity contribution is 6.02. The number of amides is 1. The van der Waals surface area contributed by atoms with Crippen molar-refractivity contribution >= 4 is 11.6 Å². The molecule has 0 bridgehead atoms. The number of rotatable bonds is 4. The first-order valence-corrected chi connectivity index (χ1v) is 8.69. The summed E-state index contributed by atoms with van der Waals surface area (Å²) >= 11 is 0. The molecule has 0 radical (unpaired) electrons. The van der Waals surface area contributed by atoms with E-state index in [-0.39, 0.29) is 11.6 Å². The van der Waals surface area contributed by atoms with Gasteiger partial charge in [-0.05, 0) is 56.2 Å². The Labute approximate surface area is 161 Å². The van der Waals surface area contributed by atoms with E-state index >= 15 is 0 Å². The normalized spacial score (nSPS) is 10.8. The van der Waals surface area contributed by atoms with Crippen molar-refractivity contribution in [1.82, 2.24) is 24.7 Å². The van der Waals surface area contributed by atoms with E-state index in [4.69, 9.17) is 4.52 Å². The molecule has 4 rings (SSSR count). The number of aryl methyl sites for hydroxylation is 3. The molecule has 4 aromatic rings. The molecule has 0 aliphatic rings. The average Bonchev–Trinajstić information content (AvgIpc) is 3.30. The molecule has 3 aromatic heterocycles. The first kappa shape index (κ1) is 17.6. The quantitative estimate of drug-likeness (QED) is 0.587. The van der Waals surface area contributed by atoms with Gasteiger partial charge in [-0.3, -0.25) is 9.36 Å². The summed E-state index contributed by atoms with van der Waals surface area (Å²) in [4.78, 5) is 25.4. The standard InChI is InChI=1S/C20H18N6O2/c1-12-7-13(2)9-15(8-12)24-19(27)17-10-26(11-22-17)18-16(5-4-6-21-18)20-23-14(3)25-28-20/h4-11H,1-3H3,(H,24,27). The summed E-state index contributed by atoms with van der Waals surface area (Å²) in [6, 6.07) is 9.48. The zero-order valence-corrected chi connectivity index (χ0v) is 15.7. The molecule has 1 amide bonds. The maximum atomic E-state index is 12.6. The van der Waals surface area contributed by atoms with Gasteiger partial charge in [-0.2, -0.15) is 4.98 Å². The second kappa shape index (κ2) is 7.07. The molecule has 8 nitrogen and oxygen atoms in total. The van der Waals surface area contributed by atoms with Gasteiger partial charge in [0.05, 0.1) is 5.56 Å². The van der Waals surface area contributed by atoms with Crippen LogP contribution in [-0.4, -0.2) is 30.6 Å². The summed E-state index contributed by atoms with van der Waals surface area (Å²) in [7, 11) is 0. The summed E-state index contributed by atoms with van der Waals surface area (Å²) in [5.74, 6) is 1.14. The topological polar surface area (TPSA) is 98.7 Å². The Hall–Kier alpha value is -3.81. The lowest BCUT2D eigenvalue weighted by molar-refractivity contribution is 0.102. The fourth-order valence-electron chi connectivity index (χ4n) is 2.97. The highest BCUT2D eigenvalue weighted by Crippen LogP contribution is 2.23. The summed E-state index contributed by atoms with van der Waals surface area (Å²) in [5, 5.41) is 6.70. The molecule has 3 heterocycles. The van der Waals surface area contributed by atoms with Crippen LogP contribution in [0.2, 0.25) is 0 Å². The third-order valence-electron chi connectivity index (χ3n) is 4.08. The Bertz CT molecular complexity index is 1140. The summed E-state index contributed by atoms with van der Waals surface area (Å²) in [6.45, 7) is 5.72.